The van der Waals surface area contributed by atoms with Crippen LogP contribution in [0.3, 0.4) is 0 Å². The number of hydrogen-bond donors (Lipinski definition) is 3. The molecule has 6 atom stereocenters. The fraction of sp³-hybridized carbons (Fsp3) is 0.947. The molecule has 0 aliphatic heterocycles. The van der Waals surface area contributed by atoms with E-state index in [0.29, 0.717) is 25.7 Å². The Morgan fingerprint density at radius 3 is 0.800 bits per heavy atom. The van der Waals surface area contributed by atoms with Crippen LogP contribution in [-0.2, 0) is 65.4 Å². The molecule has 0 aromatic rings. The maximum absolute atomic E-state index is 13.1. The van der Waals surface area contributed by atoms with Crippen molar-refractivity contribution in [1.82, 2.24) is 0 Å². The Kier molecular flexibility index (Phi) is 66.5. The van der Waals surface area contributed by atoms with E-state index < -0.39 is 97.5 Å². The average Bonchev–Trinajstić information content (AvgIpc) is 1.50. The van der Waals surface area contributed by atoms with E-state index >= 15 is 0 Å². The molecule has 3 unspecified atom stereocenters. The third-order valence-corrected chi connectivity index (χ3v) is 20.0. The van der Waals surface area contributed by atoms with Gasteiger partial charge in [0.05, 0.1) is 26.4 Å². The van der Waals surface area contributed by atoms with Gasteiger partial charge in [0.15, 0.2) is 12.2 Å². The van der Waals surface area contributed by atoms with E-state index in [-0.39, 0.29) is 25.7 Å². The van der Waals surface area contributed by atoms with Crippen LogP contribution in [0.1, 0.15) is 395 Å². The number of aliphatic hydroxyl groups excluding tert-OH is 1. The molecule has 0 radical (unpaired) electrons. The second-order valence-corrected chi connectivity index (χ2v) is 31.0. The SMILES string of the molecule is CCCCCCCCCCCCCCCCCCCCC(=O)O[C@H](COC(=O)CCCCCCCCCCCCCCC)COP(=O)(O)OC[C@@H](O)COP(=O)(O)OC[C@@H](COC(=O)CCCCCCCCCCC(C)CC)OC(=O)CCCCCCCCCCCC(C)C. The van der Waals surface area contributed by atoms with Gasteiger partial charge < -0.3 is 33.8 Å². The van der Waals surface area contributed by atoms with Gasteiger partial charge in [0.1, 0.15) is 19.3 Å². The first-order chi connectivity index (χ1) is 45.9. The van der Waals surface area contributed by atoms with Gasteiger partial charge in [0.25, 0.3) is 0 Å². The largest absolute Gasteiger partial charge is 0.472 e. The molecule has 0 bridgehead atoms. The molecular weight excluding hydrogens is 1250 g/mol. The first-order valence-electron chi connectivity index (χ1n) is 39.5. The number of phosphoric ester groups is 2. The number of esters is 4. The highest BCUT2D eigenvalue weighted by Gasteiger charge is 2.30. The van der Waals surface area contributed by atoms with Gasteiger partial charge in [-0.15, -0.1) is 0 Å². The number of ether oxygens (including phenoxy) is 4. The van der Waals surface area contributed by atoms with Crippen molar-refractivity contribution in [3.05, 3.63) is 0 Å². The minimum absolute atomic E-state index is 0.105. The number of rotatable bonds is 75. The lowest BCUT2D eigenvalue weighted by Gasteiger charge is -2.21. The van der Waals surface area contributed by atoms with Crippen LogP contribution in [0.2, 0.25) is 0 Å². The molecule has 95 heavy (non-hydrogen) atoms. The average molecular weight is 1400 g/mol. The molecule has 0 fully saturated rings. The van der Waals surface area contributed by atoms with Crippen LogP contribution in [0.15, 0.2) is 0 Å². The highest BCUT2D eigenvalue weighted by atomic mass is 31.2. The van der Waals surface area contributed by atoms with Crippen molar-refractivity contribution in [3.63, 3.8) is 0 Å². The van der Waals surface area contributed by atoms with Crippen molar-refractivity contribution < 1.29 is 80.2 Å². The van der Waals surface area contributed by atoms with E-state index in [4.69, 9.17) is 37.0 Å². The van der Waals surface area contributed by atoms with Gasteiger partial charge >= 0.3 is 39.5 Å². The van der Waals surface area contributed by atoms with Crippen LogP contribution in [0, 0.1) is 11.8 Å². The predicted molar refractivity (Wildman–Crippen MR) is 386 cm³/mol. The summed E-state index contributed by atoms with van der Waals surface area (Å²) in [4.78, 5) is 72.8. The molecule has 564 valence electrons. The Morgan fingerprint density at radius 1 is 0.305 bits per heavy atom. The first-order valence-corrected chi connectivity index (χ1v) is 42.5. The molecule has 17 nitrogen and oxygen atoms in total. The van der Waals surface area contributed by atoms with E-state index in [1.807, 2.05) is 0 Å². The van der Waals surface area contributed by atoms with E-state index in [2.05, 4.69) is 41.5 Å². The lowest BCUT2D eigenvalue weighted by Crippen LogP contribution is -2.30. The van der Waals surface area contributed by atoms with Gasteiger partial charge in [0, 0.05) is 25.7 Å². The van der Waals surface area contributed by atoms with Gasteiger partial charge in [-0.3, -0.25) is 37.3 Å². The second-order valence-electron chi connectivity index (χ2n) is 28.1. The minimum Gasteiger partial charge on any atom is -0.462 e. The zero-order valence-electron chi connectivity index (χ0n) is 62.0. The summed E-state index contributed by atoms with van der Waals surface area (Å²) in [6.07, 6.45) is 55.4. The standard InChI is InChI=1S/C76H148O17P2/c1-7-10-12-14-16-18-20-22-23-24-25-26-28-30-34-42-48-54-60-75(80)92-71(64-86-73(78)58-52-46-40-33-29-27-21-19-17-15-13-11-8-2)66-90-94(82,83)88-62-70(77)63-89-95(84,85)91-67-72(93-76(81)61-55-49-43-35-31-32-38-44-50-56-68(4)5)65-87-74(79)59-53-47-41-37-36-39-45-51-57-69(6)9-3/h68-72,77H,7-67H2,1-6H3,(H,82,83)(H,84,85)/t69?,70-,71-,72-/m1/s1. The molecule has 0 saturated heterocycles. The number of carbonyl (C=O) groups is 4. The van der Waals surface area contributed by atoms with E-state index in [9.17, 15) is 43.2 Å². The molecule has 19 heteroatoms. The third-order valence-electron chi connectivity index (χ3n) is 18.1. The Hall–Kier alpha value is -1.94. The van der Waals surface area contributed by atoms with Gasteiger partial charge in [0.2, 0.25) is 0 Å². The molecule has 3 N–H and O–H groups in total. The summed E-state index contributed by atoms with van der Waals surface area (Å²) in [6.45, 7) is 9.58. The van der Waals surface area contributed by atoms with Crippen LogP contribution in [0.5, 0.6) is 0 Å². The third kappa shape index (κ3) is 69.0. The van der Waals surface area contributed by atoms with Gasteiger partial charge in [-0.25, -0.2) is 9.13 Å². The van der Waals surface area contributed by atoms with Crippen molar-refractivity contribution in [2.75, 3.05) is 39.6 Å². The first kappa shape index (κ1) is 93.1. The molecule has 0 rings (SSSR count). The van der Waals surface area contributed by atoms with Crippen LogP contribution < -0.4 is 0 Å². The Morgan fingerprint density at radius 2 is 0.537 bits per heavy atom. The summed E-state index contributed by atoms with van der Waals surface area (Å²) < 4.78 is 68.5. The molecular formula is C76H148O17P2. The molecule has 0 saturated carbocycles. The van der Waals surface area contributed by atoms with Crippen molar-refractivity contribution in [1.29, 1.82) is 0 Å². The van der Waals surface area contributed by atoms with Crippen LogP contribution >= 0.6 is 15.6 Å². The second kappa shape index (κ2) is 67.9. The number of carbonyl (C=O) groups excluding carboxylic acids is 4. The normalized spacial score (nSPS) is 14.3. The van der Waals surface area contributed by atoms with Crippen molar-refractivity contribution in [3.8, 4) is 0 Å². The van der Waals surface area contributed by atoms with Gasteiger partial charge in [-0.05, 0) is 37.5 Å². The maximum atomic E-state index is 13.1. The number of unbranched alkanes of at least 4 members (excludes halogenated alkanes) is 44. The number of hydrogen-bond acceptors (Lipinski definition) is 15. The fourth-order valence-corrected chi connectivity index (χ4v) is 13.2. The summed E-state index contributed by atoms with van der Waals surface area (Å²) in [7, 11) is -9.91. The fourth-order valence-electron chi connectivity index (χ4n) is 11.6. The van der Waals surface area contributed by atoms with Gasteiger partial charge in [-0.2, -0.15) is 0 Å². The van der Waals surface area contributed by atoms with Crippen LogP contribution in [0.25, 0.3) is 0 Å². The lowest BCUT2D eigenvalue weighted by atomic mass is 9.99. The summed E-state index contributed by atoms with van der Waals surface area (Å²) in [5.41, 5.74) is 0. The molecule has 0 heterocycles. The Labute approximate surface area is 581 Å². The quantitative estimate of drug-likeness (QED) is 0.0222. The lowest BCUT2D eigenvalue weighted by molar-refractivity contribution is -0.161. The molecule has 0 spiro atoms. The van der Waals surface area contributed by atoms with Crippen LogP contribution in [-0.4, -0.2) is 96.7 Å². The molecule has 0 aromatic heterocycles. The van der Waals surface area contributed by atoms with Crippen molar-refractivity contribution in [2.24, 2.45) is 11.8 Å². The Balaban J connectivity index is 5.25. The van der Waals surface area contributed by atoms with E-state index in [1.165, 1.54) is 212 Å². The van der Waals surface area contributed by atoms with Crippen molar-refractivity contribution >= 4 is 39.5 Å². The van der Waals surface area contributed by atoms with E-state index in [1.54, 1.807) is 0 Å². The predicted octanol–water partition coefficient (Wildman–Crippen LogP) is 22.3. The van der Waals surface area contributed by atoms with E-state index in [0.717, 1.165) is 102 Å². The monoisotopic (exact) mass is 1400 g/mol. The van der Waals surface area contributed by atoms with Gasteiger partial charge in [-0.1, -0.05) is 343 Å². The molecule has 0 aliphatic carbocycles. The molecule has 0 aromatic carbocycles. The zero-order chi connectivity index (χ0) is 70.0. The molecule has 0 amide bonds. The topological polar surface area (TPSA) is 237 Å². The number of aliphatic hydroxyl groups is 1. The Bertz CT molecular complexity index is 1840. The summed E-state index contributed by atoms with van der Waals surface area (Å²) in [6, 6.07) is 0. The van der Waals surface area contributed by atoms with Crippen molar-refractivity contribution in [2.45, 2.75) is 413 Å². The smallest absolute Gasteiger partial charge is 0.462 e. The zero-order valence-corrected chi connectivity index (χ0v) is 63.8. The maximum Gasteiger partial charge on any atom is 0.472 e. The number of phosphoric acid groups is 2. The van der Waals surface area contributed by atoms with Crippen LogP contribution in [0.4, 0.5) is 0 Å². The highest BCUT2D eigenvalue weighted by molar-refractivity contribution is 7.47. The summed E-state index contributed by atoms with van der Waals surface area (Å²) in [5.74, 6) is -0.601. The summed E-state index contributed by atoms with van der Waals surface area (Å²) in [5, 5.41) is 10.6. The minimum atomic E-state index is -4.96. The summed E-state index contributed by atoms with van der Waals surface area (Å²) >= 11 is 0. The highest BCUT2D eigenvalue weighted by Crippen LogP contribution is 2.45. The molecule has 0 aliphatic rings.